The van der Waals surface area contributed by atoms with Gasteiger partial charge < -0.3 is 14.7 Å². The van der Waals surface area contributed by atoms with Crippen molar-refractivity contribution in [3.05, 3.63) is 46.7 Å². The minimum Gasteiger partial charge on any atom is -0.339 e. The van der Waals surface area contributed by atoms with Crippen LogP contribution in [0.25, 0.3) is 17.2 Å². The smallest absolute Gasteiger partial charge is 0.257 e. The second-order valence-electron chi connectivity index (χ2n) is 5.84. The van der Waals surface area contributed by atoms with E-state index in [9.17, 15) is 4.79 Å². The first-order chi connectivity index (χ1) is 12.5. The van der Waals surface area contributed by atoms with Crippen molar-refractivity contribution in [1.29, 1.82) is 0 Å². The van der Waals surface area contributed by atoms with Crippen molar-refractivity contribution in [3.8, 4) is 17.2 Å². The summed E-state index contributed by atoms with van der Waals surface area (Å²) >= 11 is 6.25. The minimum absolute atomic E-state index is 0.135. The fraction of sp³-hybridized carbons (Fsp3) is 0.294. The molecule has 8 nitrogen and oxygen atoms in total. The molecule has 1 N–H and O–H groups in total. The molecular formula is C17H19ClN6O2. The molecule has 0 fully saturated rings. The maximum atomic E-state index is 12.6. The van der Waals surface area contributed by atoms with Crippen LogP contribution < -0.4 is 5.32 Å². The quantitative estimate of drug-likeness (QED) is 0.703. The largest absolute Gasteiger partial charge is 0.339 e. The number of aromatic nitrogens is 4. The number of nitrogens with zero attached hydrogens (tertiary/aromatic N) is 5. The van der Waals surface area contributed by atoms with Crippen molar-refractivity contribution >= 4 is 17.5 Å². The highest BCUT2D eigenvalue weighted by molar-refractivity contribution is 6.34. The monoisotopic (exact) mass is 374 g/mol. The van der Waals surface area contributed by atoms with Crippen LogP contribution in [-0.4, -0.2) is 51.6 Å². The lowest BCUT2D eigenvalue weighted by molar-refractivity contribution is 0.0788. The van der Waals surface area contributed by atoms with E-state index in [4.69, 9.17) is 16.1 Å². The summed E-state index contributed by atoms with van der Waals surface area (Å²) in [5.74, 6) is 0.732. The van der Waals surface area contributed by atoms with E-state index in [1.54, 1.807) is 31.3 Å². The number of aryl methyl sites for hydroxylation is 1. The molecule has 0 radical (unpaired) electrons. The van der Waals surface area contributed by atoms with Crippen LogP contribution in [0.3, 0.4) is 0 Å². The van der Waals surface area contributed by atoms with Crippen molar-refractivity contribution in [1.82, 2.24) is 29.9 Å². The number of hydrogen-bond donors (Lipinski definition) is 1. The molecule has 1 amide bonds. The number of halogens is 1. The Morgan fingerprint density at radius 2 is 2.04 bits per heavy atom. The zero-order valence-corrected chi connectivity index (χ0v) is 15.7. The van der Waals surface area contributed by atoms with Gasteiger partial charge in [-0.05, 0) is 26.2 Å². The number of fused-ring (bicyclic) bond motifs is 3. The molecule has 1 aliphatic heterocycles. The average molecular weight is 375 g/mol. The van der Waals surface area contributed by atoms with E-state index in [0.29, 0.717) is 40.2 Å². The van der Waals surface area contributed by atoms with Gasteiger partial charge in [-0.1, -0.05) is 22.8 Å². The van der Waals surface area contributed by atoms with Gasteiger partial charge >= 0.3 is 0 Å². The van der Waals surface area contributed by atoms with Crippen LogP contribution in [0.5, 0.6) is 0 Å². The second-order valence-corrected chi connectivity index (χ2v) is 6.25. The maximum Gasteiger partial charge on any atom is 0.257 e. The molecule has 3 aromatic rings. The van der Waals surface area contributed by atoms with Crippen molar-refractivity contribution in [2.45, 2.75) is 13.5 Å². The first-order valence-electron chi connectivity index (χ1n) is 7.97. The predicted octanol–water partition coefficient (Wildman–Crippen LogP) is 2.31. The zero-order chi connectivity index (χ0) is 18.8. The lowest BCUT2D eigenvalue weighted by atomic mass is 10.1. The number of amides is 1. The van der Waals surface area contributed by atoms with Crippen LogP contribution in [0, 0.1) is 6.92 Å². The topological polar surface area (TPSA) is 89.1 Å². The van der Waals surface area contributed by atoms with Gasteiger partial charge in [0.15, 0.2) is 0 Å². The maximum absolute atomic E-state index is 12.6. The third-order valence-corrected chi connectivity index (χ3v) is 4.12. The summed E-state index contributed by atoms with van der Waals surface area (Å²) < 4.78 is 6.89. The van der Waals surface area contributed by atoms with Gasteiger partial charge in [0.25, 0.3) is 5.91 Å². The lowest BCUT2D eigenvalue weighted by Gasteiger charge is -2.14. The summed E-state index contributed by atoms with van der Waals surface area (Å²) in [6.07, 6.45) is 1.65. The molecule has 2 aromatic heterocycles. The van der Waals surface area contributed by atoms with Gasteiger partial charge in [0, 0.05) is 14.0 Å². The number of imidazole rings is 1. The van der Waals surface area contributed by atoms with Gasteiger partial charge in [0.1, 0.15) is 12.0 Å². The highest BCUT2D eigenvalue weighted by Gasteiger charge is 2.29. The first kappa shape index (κ1) is 18.1. The number of benzene rings is 1. The summed E-state index contributed by atoms with van der Waals surface area (Å²) in [6.45, 7) is 2.09. The third-order valence-electron chi connectivity index (χ3n) is 3.80. The van der Waals surface area contributed by atoms with E-state index < -0.39 is 0 Å². The first-order valence-corrected chi connectivity index (χ1v) is 8.35. The normalized spacial score (nSPS) is 12.8. The fourth-order valence-electron chi connectivity index (χ4n) is 2.73. The molecule has 0 unspecified atom stereocenters. The third kappa shape index (κ3) is 3.09. The van der Waals surface area contributed by atoms with E-state index in [1.807, 2.05) is 30.8 Å². The van der Waals surface area contributed by atoms with Crippen LogP contribution >= 0.6 is 11.6 Å². The molecule has 136 valence electrons. The summed E-state index contributed by atoms with van der Waals surface area (Å²) in [5.41, 5.74) is 2.56. The highest BCUT2D eigenvalue weighted by Crippen LogP contribution is 2.32. The molecule has 0 saturated heterocycles. The Balaban J connectivity index is 0.000000613. The van der Waals surface area contributed by atoms with Crippen LogP contribution in [0.4, 0.5) is 0 Å². The molecule has 0 saturated carbocycles. The second kappa shape index (κ2) is 7.27. The summed E-state index contributed by atoms with van der Waals surface area (Å²) in [6, 6.07) is 5.36. The Morgan fingerprint density at radius 1 is 1.31 bits per heavy atom. The Labute approximate surface area is 155 Å². The van der Waals surface area contributed by atoms with Gasteiger partial charge in [0.05, 0.1) is 28.5 Å². The van der Waals surface area contributed by atoms with Gasteiger partial charge in [0.2, 0.25) is 11.7 Å². The van der Waals surface area contributed by atoms with Crippen molar-refractivity contribution < 1.29 is 9.32 Å². The Bertz CT molecular complexity index is 949. The summed E-state index contributed by atoms with van der Waals surface area (Å²) in [7, 11) is 5.48. The Kier molecular flexibility index (Phi) is 5.06. The van der Waals surface area contributed by atoms with E-state index >= 15 is 0 Å². The molecule has 3 heterocycles. The molecule has 26 heavy (non-hydrogen) atoms. The molecule has 1 aromatic carbocycles. The number of carbonyl (C=O) groups is 1. The Hall–Kier alpha value is -2.71. The van der Waals surface area contributed by atoms with Crippen molar-refractivity contribution in [2.24, 2.45) is 0 Å². The standard InChI is InChI=1S/C15H12ClN5O2.C2H7N/c1-8-18-14(19-23-8)13-11-6-20(2)15(22)12-9(16)4-3-5-10(12)21(11)7-17-13;1-3-2/h3-5,7H,6H2,1-2H3;3H,1-2H3. The van der Waals surface area contributed by atoms with Crippen molar-refractivity contribution in [3.63, 3.8) is 0 Å². The number of carbonyl (C=O) groups excluding carboxylic acids is 1. The van der Waals surface area contributed by atoms with E-state index in [1.165, 1.54) is 0 Å². The van der Waals surface area contributed by atoms with E-state index in [-0.39, 0.29) is 5.91 Å². The molecular weight excluding hydrogens is 356 g/mol. The molecule has 0 spiro atoms. The number of rotatable bonds is 1. The van der Waals surface area contributed by atoms with Gasteiger partial charge in [-0.2, -0.15) is 4.98 Å². The highest BCUT2D eigenvalue weighted by atomic mass is 35.5. The SMILES string of the molecule is CNC.Cc1nc(-c2ncn3c2CN(C)C(=O)c2c(Cl)cccc2-3)no1. The average Bonchev–Trinajstić information content (AvgIpc) is 3.18. The lowest BCUT2D eigenvalue weighted by Crippen LogP contribution is -2.25. The van der Waals surface area contributed by atoms with Crippen LogP contribution in [0.2, 0.25) is 5.02 Å². The zero-order valence-electron chi connectivity index (χ0n) is 14.9. The number of hydrogen-bond acceptors (Lipinski definition) is 6. The van der Waals surface area contributed by atoms with Crippen LogP contribution in [-0.2, 0) is 6.54 Å². The molecule has 0 bridgehead atoms. The molecule has 0 aliphatic carbocycles. The molecule has 4 rings (SSSR count). The predicted molar refractivity (Wildman–Crippen MR) is 97.4 cm³/mol. The van der Waals surface area contributed by atoms with Gasteiger partial charge in [-0.15, -0.1) is 0 Å². The Morgan fingerprint density at radius 3 is 2.69 bits per heavy atom. The van der Waals surface area contributed by atoms with Gasteiger partial charge in [-0.3, -0.25) is 9.36 Å². The molecule has 9 heteroatoms. The van der Waals surface area contributed by atoms with Crippen LogP contribution in [0.1, 0.15) is 21.9 Å². The number of nitrogens with one attached hydrogen (secondary N) is 1. The molecule has 0 atom stereocenters. The fourth-order valence-corrected chi connectivity index (χ4v) is 2.98. The van der Waals surface area contributed by atoms with E-state index in [2.05, 4.69) is 20.4 Å². The summed E-state index contributed by atoms with van der Waals surface area (Å²) in [5, 5.41) is 7.09. The van der Waals surface area contributed by atoms with Crippen LogP contribution in [0.15, 0.2) is 29.0 Å². The van der Waals surface area contributed by atoms with Crippen molar-refractivity contribution in [2.75, 3.05) is 21.1 Å². The van der Waals surface area contributed by atoms with E-state index in [0.717, 1.165) is 5.69 Å². The summed E-state index contributed by atoms with van der Waals surface area (Å²) in [4.78, 5) is 22.9. The molecule has 1 aliphatic rings. The van der Waals surface area contributed by atoms with Gasteiger partial charge in [-0.25, -0.2) is 4.98 Å². The minimum atomic E-state index is -0.135.